The van der Waals surface area contributed by atoms with E-state index >= 15 is 0 Å². The van der Waals surface area contributed by atoms with E-state index in [2.05, 4.69) is 4.98 Å². The van der Waals surface area contributed by atoms with Crippen molar-refractivity contribution in [2.75, 3.05) is 0 Å². The van der Waals surface area contributed by atoms with Crippen molar-refractivity contribution < 1.29 is 0 Å². The number of halogens is 1. The Balaban J connectivity index is 2.53. The highest BCUT2D eigenvalue weighted by atomic mass is 35.5. The van der Waals surface area contributed by atoms with Crippen LogP contribution in [0.1, 0.15) is 23.6 Å². The van der Waals surface area contributed by atoms with Crippen molar-refractivity contribution in [2.24, 2.45) is 5.73 Å². The number of hydrogen-bond acceptors (Lipinski definition) is 2. The van der Waals surface area contributed by atoms with Gasteiger partial charge >= 0.3 is 0 Å². The van der Waals surface area contributed by atoms with Crippen LogP contribution in [0.5, 0.6) is 0 Å². The molecular formula is C14H15ClN2. The molecule has 1 atom stereocenters. The molecule has 0 aliphatic heterocycles. The van der Waals surface area contributed by atoms with Gasteiger partial charge in [-0.1, -0.05) is 35.9 Å². The lowest BCUT2D eigenvalue weighted by Crippen LogP contribution is -2.34. The van der Waals surface area contributed by atoms with E-state index in [1.807, 2.05) is 50.4 Å². The molecular weight excluding hydrogens is 232 g/mol. The van der Waals surface area contributed by atoms with E-state index in [-0.39, 0.29) is 0 Å². The first kappa shape index (κ1) is 12.1. The number of aromatic nitrogens is 1. The summed E-state index contributed by atoms with van der Waals surface area (Å²) in [7, 11) is 0. The Morgan fingerprint density at radius 3 is 2.59 bits per heavy atom. The zero-order valence-corrected chi connectivity index (χ0v) is 10.7. The minimum Gasteiger partial charge on any atom is -0.318 e. The summed E-state index contributed by atoms with van der Waals surface area (Å²) in [5.41, 5.74) is 8.74. The van der Waals surface area contributed by atoms with Crippen molar-refractivity contribution >= 4 is 11.6 Å². The van der Waals surface area contributed by atoms with E-state index < -0.39 is 5.54 Å². The highest BCUT2D eigenvalue weighted by molar-refractivity contribution is 6.31. The Hall–Kier alpha value is -1.38. The molecule has 2 aromatic rings. The molecule has 2 nitrogen and oxygen atoms in total. The summed E-state index contributed by atoms with van der Waals surface area (Å²) in [4.78, 5) is 4.18. The van der Waals surface area contributed by atoms with Gasteiger partial charge in [0.05, 0.1) is 5.54 Å². The quantitative estimate of drug-likeness (QED) is 0.883. The maximum absolute atomic E-state index is 6.40. The average molecular weight is 247 g/mol. The molecule has 1 aromatic carbocycles. The molecule has 0 radical (unpaired) electrons. The molecule has 17 heavy (non-hydrogen) atoms. The Kier molecular flexibility index (Phi) is 3.18. The first-order valence-corrected chi connectivity index (χ1v) is 5.85. The van der Waals surface area contributed by atoms with Crippen molar-refractivity contribution in [1.29, 1.82) is 0 Å². The van der Waals surface area contributed by atoms with Crippen molar-refractivity contribution in [2.45, 2.75) is 19.4 Å². The molecule has 0 saturated heterocycles. The predicted octanol–water partition coefficient (Wildman–Crippen LogP) is 3.27. The van der Waals surface area contributed by atoms with Gasteiger partial charge < -0.3 is 5.73 Å². The summed E-state index contributed by atoms with van der Waals surface area (Å²) in [5, 5.41) is 0.680. The molecule has 0 amide bonds. The lowest BCUT2D eigenvalue weighted by atomic mass is 9.86. The van der Waals surface area contributed by atoms with Gasteiger partial charge in [0.15, 0.2) is 0 Å². The summed E-state index contributed by atoms with van der Waals surface area (Å²) < 4.78 is 0. The summed E-state index contributed by atoms with van der Waals surface area (Å²) in [6.07, 6.45) is 3.60. The van der Waals surface area contributed by atoms with Crippen LogP contribution in [0.25, 0.3) is 0 Å². The van der Waals surface area contributed by atoms with Gasteiger partial charge in [-0.05, 0) is 36.6 Å². The third-order valence-electron chi connectivity index (χ3n) is 2.91. The van der Waals surface area contributed by atoms with E-state index in [0.717, 1.165) is 16.7 Å². The van der Waals surface area contributed by atoms with Gasteiger partial charge in [-0.3, -0.25) is 4.98 Å². The second-order valence-electron chi connectivity index (χ2n) is 4.43. The monoisotopic (exact) mass is 246 g/mol. The average Bonchev–Trinajstić information content (AvgIpc) is 2.29. The predicted molar refractivity (Wildman–Crippen MR) is 71.1 cm³/mol. The van der Waals surface area contributed by atoms with Gasteiger partial charge in [0.2, 0.25) is 0 Å². The van der Waals surface area contributed by atoms with Crippen LogP contribution >= 0.6 is 11.6 Å². The SMILES string of the molecule is Cc1cncc(C(C)(N)c2ccccc2Cl)c1. The van der Waals surface area contributed by atoms with Crippen molar-refractivity contribution in [3.8, 4) is 0 Å². The van der Waals surface area contributed by atoms with E-state index in [9.17, 15) is 0 Å². The molecule has 1 unspecified atom stereocenters. The van der Waals surface area contributed by atoms with E-state index in [0.29, 0.717) is 5.02 Å². The zero-order valence-electron chi connectivity index (χ0n) is 9.94. The fourth-order valence-electron chi connectivity index (χ4n) is 1.88. The van der Waals surface area contributed by atoms with E-state index in [1.165, 1.54) is 0 Å². The molecule has 2 rings (SSSR count). The molecule has 3 heteroatoms. The second kappa shape index (κ2) is 4.47. The van der Waals surface area contributed by atoms with Crippen LogP contribution < -0.4 is 5.73 Å². The van der Waals surface area contributed by atoms with E-state index in [4.69, 9.17) is 17.3 Å². The molecule has 0 saturated carbocycles. The minimum atomic E-state index is -0.628. The zero-order chi connectivity index (χ0) is 12.5. The standard InChI is InChI=1S/C14H15ClN2/c1-10-7-11(9-17-8-10)14(2,16)12-5-3-4-6-13(12)15/h3-9H,16H2,1-2H3. The molecule has 0 bridgehead atoms. The maximum atomic E-state index is 6.40. The summed E-state index contributed by atoms with van der Waals surface area (Å²) in [5.74, 6) is 0. The van der Waals surface area contributed by atoms with Gasteiger partial charge in [0.1, 0.15) is 0 Å². The highest BCUT2D eigenvalue weighted by Gasteiger charge is 2.26. The fraction of sp³-hybridized carbons (Fsp3) is 0.214. The lowest BCUT2D eigenvalue weighted by molar-refractivity contribution is 0.600. The smallest absolute Gasteiger partial charge is 0.0666 e. The van der Waals surface area contributed by atoms with Gasteiger partial charge in [-0.25, -0.2) is 0 Å². The first-order valence-electron chi connectivity index (χ1n) is 5.48. The molecule has 0 spiro atoms. The van der Waals surface area contributed by atoms with Crippen LogP contribution in [0.2, 0.25) is 5.02 Å². The number of aryl methyl sites for hydroxylation is 1. The molecule has 1 aromatic heterocycles. The Bertz CT molecular complexity index is 535. The summed E-state index contributed by atoms with van der Waals surface area (Å²) in [6, 6.07) is 9.68. The fourth-order valence-corrected chi connectivity index (χ4v) is 2.21. The van der Waals surface area contributed by atoms with Gasteiger partial charge in [0, 0.05) is 17.4 Å². The highest BCUT2D eigenvalue weighted by Crippen LogP contribution is 2.31. The van der Waals surface area contributed by atoms with Gasteiger partial charge in [-0.15, -0.1) is 0 Å². The largest absolute Gasteiger partial charge is 0.318 e. The third kappa shape index (κ3) is 2.33. The number of nitrogens with two attached hydrogens (primary N) is 1. The first-order chi connectivity index (χ1) is 8.01. The number of rotatable bonds is 2. The molecule has 0 aliphatic rings. The van der Waals surface area contributed by atoms with Crippen LogP contribution in [-0.2, 0) is 5.54 Å². The Morgan fingerprint density at radius 1 is 1.24 bits per heavy atom. The topological polar surface area (TPSA) is 38.9 Å². The molecule has 0 fully saturated rings. The Labute approximate surface area is 106 Å². The number of hydrogen-bond donors (Lipinski definition) is 1. The third-order valence-corrected chi connectivity index (χ3v) is 3.24. The van der Waals surface area contributed by atoms with Crippen LogP contribution in [0, 0.1) is 6.92 Å². The van der Waals surface area contributed by atoms with Crippen molar-refractivity contribution in [3.63, 3.8) is 0 Å². The van der Waals surface area contributed by atoms with Crippen LogP contribution in [0.15, 0.2) is 42.7 Å². The van der Waals surface area contributed by atoms with Crippen molar-refractivity contribution in [1.82, 2.24) is 4.98 Å². The summed E-state index contributed by atoms with van der Waals surface area (Å²) in [6.45, 7) is 3.95. The summed E-state index contributed by atoms with van der Waals surface area (Å²) >= 11 is 6.20. The van der Waals surface area contributed by atoms with Crippen molar-refractivity contribution in [3.05, 3.63) is 64.4 Å². The molecule has 2 N–H and O–H groups in total. The number of pyridine rings is 1. The van der Waals surface area contributed by atoms with Crippen LogP contribution in [0.3, 0.4) is 0 Å². The van der Waals surface area contributed by atoms with Gasteiger partial charge in [0.25, 0.3) is 0 Å². The second-order valence-corrected chi connectivity index (χ2v) is 4.84. The number of benzene rings is 1. The maximum Gasteiger partial charge on any atom is 0.0666 e. The Morgan fingerprint density at radius 2 is 1.94 bits per heavy atom. The van der Waals surface area contributed by atoms with Gasteiger partial charge in [-0.2, -0.15) is 0 Å². The molecule has 88 valence electrons. The van der Waals surface area contributed by atoms with E-state index in [1.54, 1.807) is 6.20 Å². The lowest BCUT2D eigenvalue weighted by Gasteiger charge is -2.26. The van der Waals surface area contributed by atoms with Crippen LogP contribution in [0.4, 0.5) is 0 Å². The number of nitrogens with zero attached hydrogens (tertiary/aromatic N) is 1. The molecule has 1 heterocycles. The molecule has 0 aliphatic carbocycles. The van der Waals surface area contributed by atoms with Crippen LogP contribution in [-0.4, -0.2) is 4.98 Å². The minimum absolute atomic E-state index is 0.628. The normalized spacial score (nSPS) is 14.4.